The van der Waals surface area contributed by atoms with E-state index in [-0.39, 0.29) is 11.6 Å². The predicted octanol–water partition coefficient (Wildman–Crippen LogP) is 5.80. The van der Waals surface area contributed by atoms with E-state index in [9.17, 15) is 26.7 Å². The third-order valence-electron chi connectivity index (χ3n) is 5.49. The van der Waals surface area contributed by atoms with Gasteiger partial charge in [-0.2, -0.15) is 18.3 Å². The highest BCUT2D eigenvalue weighted by molar-refractivity contribution is 5.82. The van der Waals surface area contributed by atoms with E-state index in [0.717, 1.165) is 0 Å². The molecule has 0 aliphatic carbocycles. The van der Waals surface area contributed by atoms with E-state index in [1.807, 2.05) is 5.32 Å². The lowest BCUT2D eigenvalue weighted by Crippen LogP contribution is -2.45. The Labute approximate surface area is 197 Å². The second-order valence-corrected chi connectivity index (χ2v) is 8.05. The van der Waals surface area contributed by atoms with Crippen LogP contribution in [0.15, 0.2) is 66.9 Å². The van der Waals surface area contributed by atoms with Crippen LogP contribution in [0.2, 0.25) is 0 Å². The molecule has 0 aliphatic heterocycles. The van der Waals surface area contributed by atoms with Crippen molar-refractivity contribution in [1.29, 1.82) is 0 Å². The summed E-state index contributed by atoms with van der Waals surface area (Å²) in [6.45, 7) is 3.02. The molecule has 5 nitrogen and oxygen atoms in total. The lowest BCUT2D eigenvalue weighted by atomic mass is 9.98. The average molecular weight is 489 g/mol. The van der Waals surface area contributed by atoms with Crippen molar-refractivity contribution in [3.63, 3.8) is 0 Å². The molecule has 0 radical (unpaired) electrons. The number of fused-ring (bicyclic) bond motifs is 1. The van der Waals surface area contributed by atoms with Crippen molar-refractivity contribution in [2.45, 2.75) is 32.2 Å². The van der Waals surface area contributed by atoms with Gasteiger partial charge in [0.05, 0.1) is 23.4 Å². The zero-order valence-electron chi connectivity index (χ0n) is 18.6. The highest BCUT2D eigenvalue weighted by atomic mass is 19.4. The van der Waals surface area contributed by atoms with Crippen molar-refractivity contribution < 1.29 is 31.5 Å². The molecular weight excluding hydrogens is 469 g/mol. The van der Waals surface area contributed by atoms with Gasteiger partial charge in [-0.3, -0.25) is 4.79 Å². The fourth-order valence-electron chi connectivity index (χ4n) is 3.74. The van der Waals surface area contributed by atoms with Crippen LogP contribution in [-0.4, -0.2) is 27.9 Å². The lowest BCUT2D eigenvalue weighted by Gasteiger charge is -2.28. The molecule has 182 valence electrons. The molecule has 35 heavy (non-hydrogen) atoms. The minimum absolute atomic E-state index is 0.276. The molecule has 4 aromatic rings. The van der Waals surface area contributed by atoms with Gasteiger partial charge >= 0.3 is 12.1 Å². The number of amides is 1. The Morgan fingerprint density at radius 1 is 1.00 bits per heavy atom. The number of benzene rings is 3. The summed E-state index contributed by atoms with van der Waals surface area (Å²) < 4.78 is 73.4. The van der Waals surface area contributed by atoms with Gasteiger partial charge in [0.1, 0.15) is 23.5 Å². The molecule has 1 N–H and O–H groups in total. The topological polar surface area (TPSA) is 56.1 Å². The van der Waals surface area contributed by atoms with E-state index in [2.05, 4.69) is 5.10 Å². The molecule has 0 bridgehead atoms. The summed E-state index contributed by atoms with van der Waals surface area (Å²) in [7, 11) is 0. The van der Waals surface area contributed by atoms with Crippen molar-refractivity contribution >= 4 is 16.8 Å². The van der Waals surface area contributed by atoms with Crippen LogP contribution in [-0.2, 0) is 4.79 Å². The lowest BCUT2D eigenvalue weighted by molar-refractivity contribution is -0.174. The molecular formula is C25H20F5N3O2. The number of aromatic nitrogens is 2. The quantitative estimate of drug-likeness (QED) is 0.349. The molecule has 1 amide bonds. The van der Waals surface area contributed by atoms with Gasteiger partial charge in [-0.15, -0.1) is 0 Å². The fraction of sp³-hybridized carbons (Fsp3) is 0.200. The Balaban J connectivity index is 1.68. The second-order valence-electron chi connectivity index (χ2n) is 8.05. The third-order valence-corrected chi connectivity index (χ3v) is 5.49. The average Bonchev–Trinajstić information content (AvgIpc) is 3.22. The fourth-order valence-corrected chi connectivity index (χ4v) is 3.74. The molecule has 0 saturated carbocycles. The standard InChI is InChI=1S/C25H20F5N3O2/c1-14-3-4-18(27)12-21(14)23(15(2)32-24(34)25(28,29)30)35-20-9-10-22-16(11-20)13-31-33(22)19-7-5-17(26)6-8-19/h3-13,15,23H,1-2H3,(H,32,34)/t15-,23+/m0/s1. The maximum Gasteiger partial charge on any atom is 0.471 e. The molecule has 1 heterocycles. The third kappa shape index (κ3) is 5.26. The second kappa shape index (κ2) is 9.36. The van der Waals surface area contributed by atoms with Crippen LogP contribution in [0.5, 0.6) is 5.75 Å². The molecule has 0 spiro atoms. The maximum absolute atomic E-state index is 14.0. The van der Waals surface area contributed by atoms with Gasteiger partial charge < -0.3 is 10.1 Å². The molecule has 10 heteroatoms. The number of hydrogen-bond acceptors (Lipinski definition) is 3. The first-order valence-electron chi connectivity index (χ1n) is 10.6. The van der Waals surface area contributed by atoms with E-state index < -0.39 is 30.0 Å². The number of rotatable bonds is 6. The van der Waals surface area contributed by atoms with Gasteiger partial charge in [0.15, 0.2) is 0 Å². The predicted molar refractivity (Wildman–Crippen MR) is 119 cm³/mol. The van der Waals surface area contributed by atoms with Gasteiger partial charge in [-0.25, -0.2) is 13.5 Å². The van der Waals surface area contributed by atoms with Crippen LogP contribution < -0.4 is 10.1 Å². The Kier molecular flexibility index (Phi) is 6.47. The number of carbonyl (C=O) groups is 1. The van der Waals surface area contributed by atoms with Crippen molar-refractivity contribution in [2.75, 3.05) is 0 Å². The van der Waals surface area contributed by atoms with Crippen LogP contribution in [0, 0.1) is 18.6 Å². The number of aryl methyl sites for hydroxylation is 1. The van der Waals surface area contributed by atoms with Crippen LogP contribution in [0.4, 0.5) is 22.0 Å². The number of ether oxygens (including phenoxy) is 1. The summed E-state index contributed by atoms with van der Waals surface area (Å²) in [5, 5.41) is 6.85. The largest absolute Gasteiger partial charge is 0.484 e. The minimum atomic E-state index is -5.08. The van der Waals surface area contributed by atoms with Crippen molar-refractivity contribution in [2.24, 2.45) is 0 Å². The maximum atomic E-state index is 14.0. The van der Waals surface area contributed by atoms with Crippen LogP contribution in [0.1, 0.15) is 24.2 Å². The van der Waals surface area contributed by atoms with Crippen LogP contribution >= 0.6 is 0 Å². The monoisotopic (exact) mass is 489 g/mol. The van der Waals surface area contributed by atoms with E-state index in [4.69, 9.17) is 4.74 Å². The first kappa shape index (κ1) is 24.2. The summed E-state index contributed by atoms with van der Waals surface area (Å²) in [6.07, 6.45) is -4.64. The number of nitrogens with one attached hydrogen (secondary N) is 1. The van der Waals surface area contributed by atoms with Gasteiger partial charge in [0.2, 0.25) is 0 Å². The SMILES string of the molecule is Cc1ccc(F)cc1[C@H](Oc1ccc2c(cnn2-c2ccc(F)cc2)c1)[C@H](C)NC(=O)C(F)(F)F. The molecule has 0 fully saturated rings. The summed E-state index contributed by atoms with van der Waals surface area (Å²) in [4.78, 5) is 11.5. The summed E-state index contributed by atoms with van der Waals surface area (Å²) in [6, 6.07) is 13.4. The number of alkyl halides is 3. The van der Waals surface area contributed by atoms with Crippen LogP contribution in [0.3, 0.4) is 0 Å². The Morgan fingerprint density at radius 2 is 1.69 bits per heavy atom. The zero-order valence-corrected chi connectivity index (χ0v) is 18.6. The highest BCUT2D eigenvalue weighted by Crippen LogP contribution is 2.31. The first-order chi connectivity index (χ1) is 16.5. The molecule has 1 aromatic heterocycles. The first-order valence-corrected chi connectivity index (χ1v) is 10.6. The van der Waals surface area contributed by atoms with E-state index >= 15 is 0 Å². The Hall–Kier alpha value is -3.95. The number of halogens is 5. The van der Waals surface area contributed by atoms with Gasteiger partial charge in [0, 0.05) is 10.9 Å². The molecule has 3 aromatic carbocycles. The van der Waals surface area contributed by atoms with Crippen LogP contribution in [0.25, 0.3) is 16.6 Å². The van der Waals surface area contributed by atoms with Crippen molar-refractivity contribution in [3.8, 4) is 11.4 Å². The number of nitrogens with zero attached hydrogens (tertiary/aromatic N) is 2. The van der Waals surface area contributed by atoms with Gasteiger partial charge in [0.25, 0.3) is 0 Å². The number of hydrogen-bond donors (Lipinski definition) is 1. The smallest absolute Gasteiger partial charge is 0.471 e. The Morgan fingerprint density at radius 3 is 2.37 bits per heavy atom. The van der Waals surface area contributed by atoms with Crippen molar-refractivity contribution in [1.82, 2.24) is 15.1 Å². The number of carbonyl (C=O) groups excluding carboxylic acids is 1. The molecule has 0 unspecified atom stereocenters. The molecule has 0 aliphatic rings. The van der Waals surface area contributed by atoms with Gasteiger partial charge in [-0.1, -0.05) is 6.07 Å². The summed E-state index contributed by atoms with van der Waals surface area (Å²) in [5.41, 5.74) is 2.18. The molecule has 4 rings (SSSR count). The summed E-state index contributed by atoms with van der Waals surface area (Å²) >= 11 is 0. The summed E-state index contributed by atoms with van der Waals surface area (Å²) in [5.74, 6) is -2.82. The highest BCUT2D eigenvalue weighted by Gasteiger charge is 2.40. The molecule has 0 saturated heterocycles. The van der Waals surface area contributed by atoms with E-state index in [1.165, 1.54) is 37.3 Å². The zero-order chi connectivity index (χ0) is 25.3. The van der Waals surface area contributed by atoms with E-state index in [0.29, 0.717) is 27.7 Å². The molecule has 2 atom stereocenters. The minimum Gasteiger partial charge on any atom is -0.484 e. The normalized spacial score (nSPS) is 13.5. The van der Waals surface area contributed by atoms with Crippen molar-refractivity contribution in [3.05, 3.63) is 89.6 Å². The van der Waals surface area contributed by atoms with Gasteiger partial charge in [-0.05, 0) is 74.0 Å². The van der Waals surface area contributed by atoms with E-state index in [1.54, 1.807) is 48.1 Å². The Bertz CT molecular complexity index is 1370.